The molecule has 0 aromatic heterocycles. The molecule has 4 aromatic rings. The fraction of sp³-hybridized carbons (Fsp3) is 0.294. The molecule has 4 aromatic carbocycles. The molecule has 1 saturated heterocycles. The molecular weight excluding hydrogens is 551 g/mol. The third-order valence-corrected chi connectivity index (χ3v) is 8.12. The first-order chi connectivity index (χ1) is 20.3. The Morgan fingerprint density at radius 1 is 0.714 bits per heavy atom. The van der Waals surface area contributed by atoms with E-state index in [1.54, 1.807) is 0 Å². The number of phosphoric ester groups is 1. The Balaban J connectivity index is 1.68. The molecule has 1 fully saturated rings. The van der Waals surface area contributed by atoms with E-state index in [0.29, 0.717) is 6.42 Å². The van der Waals surface area contributed by atoms with Crippen molar-refractivity contribution in [2.24, 2.45) is 0 Å². The zero-order valence-corrected chi connectivity index (χ0v) is 24.5. The molecule has 0 saturated carbocycles. The lowest BCUT2D eigenvalue weighted by Crippen LogP contribution is -2.71. The van der Waals surface area contributed by atoms with Crippen LogP contribution in [-0.2, 0) is 49.4 Å². The van der Waals surface area contributed by atoms with Gasteiger partial charge in [-0.05, 0) is 29.2 Å². The van der Waals surface area contributed by atoms with Crippen LogP contribution in [0.5, 0.6) is 0 Å². The molecule has 0 bridgehead atoms. The van der Waals surface area contributed by atoms with Gasteiger partial charge < -0.3 is 24.0 Å². The van der Waals surface area contributed by atoms with Crippen LogP contribution in [0.15, 0.2) is 121 Å². The number of benzene rings is 4. The SMILES string of the molecule is C[C@@H]1C[C@H](OCc2ccccc2)[C@@](Cc2ccccc2)(OCc2ccccc2)C(Cc2ccccc2)(OP(=O)(O)O)O1. The molecule has 2 N–H and O–H groups in total. The topological polar surface area (TPSA) is 94.5 Å². The maximum Gasteiger partial charge on any atom is 0.472 e. The Bertz CT molecular complexity index is 1430. The van der Waals surface area contributed by atoms with Crippen molar-refractivity contribution in [1.29, 1.82) is 0 Å². The minimum Gasteiger partial charge on any atom is -0.370 e. The fourth-order valence-corrected chi connectivity index (χ4v) is 6.40. The van der Waals surface area contributed by atoms with Gasteiger partial charge in [0.25, 0.3) is 0 Å². The van der Waals surface area contributed by atoms with Crippen molar-refractivity contribution in [2.45, 2.75) is 63.0 Å². The van der Waals surface area contributed by atoms with Crippen LogP contribution in [0, 0.1) is 0 Å². The van der Waals surface area contributed by atoms with E-state index >= 15 is 0 Å². The average molecular weight is 589 g/mol. The number of hydrogen-bond donors (Lipinski definition) is 2. The van der Waals surface area contributed by atoms with Crippen LogP contribution in [0.2, 0.25) is 0 Å². The van der Waals surface area contributed by atoms with Gasteiger partial charge in [-0.3, -0.25) is 4.52 Å². The second kappa shape index (κ2) is 13.4. The predicted molar refractivity (Wildman–Crippen MR) is 160 cm³/mol. The second-order valence-electron chi connectivity index (χ2n) is 10.8. The van der Waals surface area contributed by atoms with Gasteiger partial charge in [0, 0.05) is 19.3 Å². The van der Waals surface area contributed by atoms with E-state index in [4.69, 9.17) is 18.7 Å². The summed E-state index contributed by atoms with van der Waals surface area (Å²) in [6.45, 7) is 2.30. The van der Waals surface area contributed by atoms with Crippen molar-refractivity contribution in [3.05, 3.63) is 144 Å². The van der Waals surface area contributed by atoms with Crippen molar-refractivity contribution in [2.75, 3.05) is 0 Å². The summed E-state index contributed by atoms with van der Waals surface area (Å²) in [7, 11) is -5.11. The van der Waals surface area contributed by atoms with Crippen molar-refractivity contribution in [3.8, 4) is 0 Å². The number of hydrogen-bond acceptors (Lipinski definition) is 5. The molecule has 220 valence electrons. The predicted octanol–water partition coefficient (Wildman–Crippen LogP) is 6.63. The van der Waals surface area contributed by atoms with E-state index in [2.05, 4.69) is 0 Å². The largest absolute Gasteiger partial charge is 0.472 e. The van der Waals surface area contributed by atoms with Crippen LogP contribution < -0.4 is 0 Å². The molecule has 1 unspecified atom stereocenters. The molecule has 0 amide bonds. The highest BCUT2D eigenvalue weighted by Crippen LogP contribution is 2.54. The van der Waals surface area contributed by atoms with Crippen LogP contribution in [0.4, 0.5) is 0 Å². The minimum atomic E-state index is -5.11. The van der Waals surface area contributed by atoms with Gasteiger partial charge in [0.15, 0.2) is 5.60 Å². The highest BCUT2D eigenvalue weighted by Gasteiger charge is 2.65. The molecule has 42 heavy (non-hydrogen) atoms. The lowest BCUT2D eigenvalue weighted by molar-refractivity contribution is -0.373. The fourth-order valence-electron chi connectivity index (χ4n) is 5.75. The lowest BCUT2D eigenvalue weighted by atomic mass is 9.74. The maximum atomic E-state index is 12.8. The number of phosphoric acid groups is 1. The van der Waals surface area contributed by atoms with Crippen LogP contribution in [0.25, 0.3) is 0 Å². The van der Waals surface area contributed by atoms with Gasteiger partial charge in [0.2, 0.25) is 5.79 Å². The first-order valence-corrected chi connectivity index (χ1v) is 15.7. The van der Waals surface area contributed by atoms with Crippen molar-refractivity contribution in [3.63, 3.8) is 0 Å². The molecule has 0 spiro atoms. The van der Waals surface area contributed by atoms with E-state index < -0.39 is 31.4 Å². The summed E-state index contributed by atoms with van der Waals surface area (Å²) in [5.41, 5.74) is 2.07. The van der Waals surface area contributed by atoms with E-state index in [1.807, 2.05) is 128 Å². The molecule has 5 rings (SSSR count). The Labute approximate surface area is 247 Å². The van der Waals surface area contributed by atoms with Crippen molar-refractivity contribution in [1.82, 2.24) is 0 Å². The van der Waals surface area contributed by atoms with Crippen LogP contribution >= 0.6 is 7.82 Å². The van der Waals surface area contributed by atoms with E-state index in [-0.39, 0.29) is 26.1 Å². The van der Waals surface area contributed by atoms with E-state index in [0.717, 1.165) is 22.3 Å². The van der Waals surface area contributed by atoms with Gasteiger partial charge in [-0.1, -0.05) is 121 Å². The normalized spacial score (nSPS) is 24.4. The zero-order chi connectivity index (χ0) is 29.5. The van der Waals surface area contributed by atoms with Gasteiger partial charge >= 0.3 is 7.82 Å². The smallest absolute Gasteiger partial charge is 0.370 e. The summed E-state index contributed by atoms with van der Waals surface area (Å²) < 4.78 is 38.8. The first-order valence-electron chi connectivity index (χ1n) is 14.1. The highest BCUT2D eigenvalue weighted by atomic mass is 31.2. The molecule has 0 aliphatic carbocycles. The molecule has 4 atom stereocenters. The Morgan fingerprint density at radius 2 is 1.17 bits per heavy atom. The first kappa shape index (κ1) is 30.3. The molecule has 7 nitrogen and oxygen atoms in total. The van der Waals surface area contributed by atoms with Crippen molar-refractivity contribution < 1.29 is 33.1 Å². The maximum absolute atomic E-state index is 12.8. The zero-order valence-electron chi connectivity index (χ0n) is 23.6. The summed E-state index contributed by atoms with van der Waals surface area (Å²) in [5.74, 6) is -1.91. The lowest BCUT2D eigenvalue weighted by Gasteiger charge is -2.56. The molecule has 8 heteroatoms. The average Bonchev–Trinajstić information content (AvgIpc) is 2.98. The summed E-state index contributed by atoms with van der Waals surface area (Å²) in [6, 6.07) is 38.6. The summed E-state index contributed by atoms with van der Waals surface area (Å²) in [5, 5.41) is 0. The molecule has 1 aliphatic rings. The van der Waals surface area contributed by atoms with Gasteiger partial charge in [0.1, 0.15) is 0 Å². The second-order valence-corrected chi connectivity index (χ2v) is 11.9. The summed E-state index contributed by atoms with van der Waals surface area (Å²) in [6.07, 6.45) is -0.434. The molecule has 1 heterocycles. The third-order valence-electron chi connectivity index (χ3n) is 7.59. The number of rotatable bonds is 12. The van der Waals surface area contributed by atoms with Gasteiger partial charge in [-0.25, -0.2) is 4.57 Å². The molecule has 0 radical (unpaired) electrons. The highest BCUT2D eigenvalue weighted by molar-refractivity contribution is 7.46. The van der Waals surface area contributed by atoms with Gasteiger partial charge in [0.05, 0.1) is 25.4 Å². The quantitative estimate of drug-likeness (QED) is 0.180. The molecular formula is C34H37O7P. The van der Waals surface area contributed by atoms with E-state index in [9.17, 15) is 14.4 Å². The van der Waals surface area contributed by atoms with Gasteiger partial charge in [-0.2, -0.15) is 0 Å². The Kier molecular flexibility index (Phi) is 9.71. The standard InChI is InChI=1S/C34H37O7P/c1-27-22-32(38-25-30-18-10-4-11-19-30)33(23-28-14-6-2-7-15-28,39-26-31-20-12-5-13-21-31)34(40-27,41-42(35,36)37)24-29-16-8-3-9-17-29/h2-21,27,32H,22-26H2,1H3,(H2,35,36,37)/t27-,32+,33-,34?/m1/s1. The van der Waals surface area contributed by atoms with Gasteiger partial charge in [-0.15, -0.1) is 0 Å². The Morgan fingerprint density at radius 3 is 1.67 bits per heavy atom. The Hall–Kier alpha value is -3.13. The minimum absolute atomic E-state index is 0.0239. The van der Waals surface area contributed by atoms with E-state index in [1.165, 1.54) is 0 Å². The monoisotopic (exact) mass is 588 g/mol. The summed E-state index contributed by atoms with van der Waals surface area (Å²) >= 11 is 0. The number of ether oxygens (including phenoxy) is 3. The van der Waals surface area contributed by atoms with Crippen molar-refractivity contribution >= 4 is 7.82 Å². The van der Waals surface area contributed by atoms with Crippen LogP contribution in [0.1, 0.15) is 35.6 Å². The van der Waals surface area contributed by atoms with Crippen LogP contribution in [-0.4, -0.2) is 33.4 Å². The summed E-state index contributed by atoms with van der Waals surface area (Å²) in [4.78, 5) is 20.8. The third kappa shape index (κ3) is 7.44. The molecule has 1 aliphatic heterocycles. The van der Waals surface area contributed by atoms with Crippen LogP contribution in [0.3, 0.4) is 0 Å².